The van der Waals surface area contributed by atoms with Crippen LogP contribution >= 0.6 is 15.9 Å². The number of nitriles is 1. The zero-order valence-electron chi connectivity index (χ0n) is 11.1. The molecule has 3 rings (SSSR count). The number of fused-ring (bicyclic) bond motifs is 1. The summed E-state index contributed by atoms with van der Waals surface area (Å²) in [5, 5.41) is 12.9. The Morgan fingerprint density at radius 3 is 3.05 bits per heavy atom. The van der Waals surface area contributed by atoms with Gasteiger partial charge in [0.2, 0.25) is 0 Å². The summed E-state index contributed by atoms with van der Waals surface area (Å²) in [6.07, 6.45) is 1.14. The Hall–Kier alpha value is -1.05. The van der Waals surface area contributed by atoms with E-state index in [4.69, 9.17) is 0 Å². The molecule has 0 bridgehead atoms. The molecule has 100 valence electrons. The number of benzene rings is 1. The van der Waals surface area contributed by atoms with Crippen molar-refractivity contribution < 1.29 is 0 Å². The minimum atomic E-state index is 0.557. The molecule has 3 atom stereocenters. The molecule has 1 N–H and O–H groups in total. The van der Waals surface area contributed by atoms with Crippen molar-refractivity contribution in [3.63, 3.8) is 0 Å². The van der Waals surface area contributed by atoms with Gasteiger partial charge in [0, 0.05) is 30.1 Å². The van der Waals surface area contributed by atoms with Gasteiger partial charge in [0.05, 0.1) is 11.3 Å². The molecule has 2 heterocycles. The molecule has 4 heteroatoms. The van der Waals surface area contributed by atoms with E-state index in [0.29, 0.717) is 6.04 Å². The van der Waals surface area contributed by atoms with Crippen molar-refractivity contribution in [3.8, 4) is 6.07 Å². The predicted molar refractivity (Wildman–Crippen MR) is 80.1 cm³/mol. The van der Waals surface area contributed by atoms with Gasteiger partial charge in [0.15, 0.2) is 0 Å². The van der Waals surface area contributed by atoms with Crippen molar-refractivity contribution in [1.82, 2.24) is 5.32 Å². The van der Waals surface area contributed by atoms with Crippen LogP contribution in [0.1, 0.15) is 18.9 Å². The number of rotatable bonds is 2. The minimum Gasteiger partial charge on any atom is -0.367 e. The van der Waals surface area contributed by atoms with Crippen LogP contribution in [0.15, 0.2) is 22.7 Å². The van der Waals surface area contributed by atoms with Crippen LogP contribution in [0.2, 0.25) is 0 Å². The van der Waals surface area contributed by atoms with Crippen LogP contribution in [0.5, 0.6) is 0 Å². The maximum Gasteiger partial charge on any atom is 0.103 e. The smallest absolute Gasteiger partial charge is 0.103 e. The Morgan fingerprint density at radius 2 is 2.32 bits per heavy atom. The van der Waals surface area contributed by atoms with E-state index in [1.54, 1.807) is 0 Å². The first-order valence-electron chi connectivity index (χ1n) is 6.92. The molecule has 2 aliphatic rings. The van der Waals surface area contributed by atoms with Crippen LogP contribution in [-0.4, -0.2) is 25.7 Å². The third kappa shape index (κ3) is 2.05. The fourth-order valence-corrected chi connectivity index (χ4v) is 4.13. The van der Waals surface area contributed by atoms with Gasteiger partial charge in [-0.05, 0) is 46.3 Å². The lowest BCUT2D eigenvalue weighted by Gasteiger charge is -2.30. The highest BCUT2D eigenvalue weighted by Gasteiger charge is 2.43. The first kappa shape index (κ1) is 13.0. The lowest BCUT2D eigenvalue weighted by atomic mass is 9.93. The highest BCUT2D eigenvalue weighted by atomic mass is 79.9. The van der Waals surface area contributed by atoms with E-state index >= 15 is 0 Å². The molecule has 3 unspecified atom stereocenters. The summed E-state index contributed by atoms with van der Waals surface area (Å²) in [5.74, 6) is 1.46. The summed E-state index contributed by atoms with van der Waals surface area (Å²) in [7, 11) is 0. The van der Waals surface area contributed by atoms with E-state index in [9.17, 15) is 5.26 Å². The van der Waals surface area contributed by atoms with Gasteiger partial charge in [-0.25, -0.2) is 0 Å². The second-order valence-corrected chi connectivity index (χ2v) is 6.31. The highest BCUT2D eigenvalue weighted by Crippen LogP contribution is 2.39. The Labute approximate surface area is 122 Å². The van der Waals surface area contributed by atoms with E-state index in [1.807, 2.05) is 12.1 Å². The number of hydrogen-bond acceptors (Lipinski definition) is 3. The first-order chi connectivity index (χ1) is 9.26. The van der Waals surface area contributed by atoms with Crippen LogP contribution < -0.4 is 10.2 Å². The molecule has 0 aromatic heterocycles. The SMILES string of the molecule is CCC1C2CNCC2CN1c1cccc(Br)c1C#N. The first-order valence-corrected chi connectivity index (χ1v) is 7.71. The zero-order valence-corrected chi connectivity index (χ0v) is 12.7. The van der Waals surface area contributed by atoms with Crippen LogP contribution in [0.25, 0.3) is 0 Å². The van der Waals surface area contributed by atoms with Crippen molar-refractivity contribution in [2.45, 2.75) is 19.4 Å². The van der Waals surface area contributed by atoms with E-state index < -0.39 is 0 Å². The Balaban J connectivity index is 1.99. The van der Waals surface area contributed by atoms with Gasteiger partial charge in [0.25, 0.3) is 0 Å². The van der Waals surface area contributed by atoms with Gasteiger partial charge in [-0.15, -0.1) is 0 Å². The summed E-state index contributed by atoms with van der Waals surface area (Å²) >= 11 is 3.50. The van der Waals surface area contributed by atoms with Gasteiger partial charge in [-0.1, -0.05) is 13.0 Å². The average molecular weight is 320 g/mol. The van der Waals surface area contributed by atoms with Gasteiger partial charge in [0.1, 0.15) is 6.07 Å². The second kappa shape index (κ2) is 5.15. The number of hydrogen-bond donors (Lipinski definition) is 1. The van der Waals surface area contributed by atoms with Crippen molar-refractivity contribution in [1.29, 1.82) is 5.26 Å². The molecule has 1 aromatic carbocycles. The molecule has 19 heavy (non-hydrogen) atoms. The van der Waals surface area contributed by atoms with E-state index in [0.717, 1.165) is 53.6 Å². The lowest BCUT2D eigenvalue weighted by molar-refractivity contribution is 0.442. The molecule has 0 saturated carbocycles. The van der Waals surface area contributed by atoms with Crippen LogP contribution in [-0.2, 0) is 0 Å². The minimum absolute atomic E-state index is 0.557. The molecular weight excluding hydrogens is 302 g/mol. The summed E-state index contributed by atoms with van der Waals surface area (Å²) in [6, 6.07) is 8.96. The van der Waals surface area contributed by atoms with Crippen molar-refractivity contribution in [3.05, 3.63) is 28.2 Å². The Morgan fingerprint density at radius 1 is 1.47 bits per heavy atom. The maximum atomic E-state index is 9.40. The monoisotopic (exact) mass is 319 g/mol. The van der Waals surface area contributed by atoms with E-state index in [-0.39, 0.29) is 0 Å². The average Bonchev–Trinajstić information content (AvgIpc) is 2.98. The van der Waals surface area contributed by atoms with Crippen LogP contribution in [0.3, 0.4) is 0 Å². The zero-order chi connectivity index (χ0) is 13.4. The maximum absolute atomic E-state index is 9.40. The number of nitrogens with zero attached hydrogens (tertiary/aromatic N) is 2. The van der Waals surface area contributed by atoms with E-state index in [1.165, 1.54) is 0 Å². The van der Waals surface area contributed by atoms with Gasteiger partial charge < -0.3 is 10.2 Å². The molecule has 0 amide bonds. The highest BCUT2D eigenvalue weighted by molar-refractivity contribution is 9.10. The normalized spacial score (nSPS) is 29.3. The van der Waals surface area contributed by atoms with Crippen LogP contribution in [0, 0.1) is 23.2 Å². The molecule has 0 spiro atoms. The molecule has 1 aromatic rings. The van der Waals surface area contributed by atoms with E-state index in [2.05, 4.69) is 45.2 Å². The Bertz CT molecular complexity index is 523. The third-order valence-corrected chi connectivity index (χ3v) is 5.21. The quantitative estimate of drug-likeness (QED) is 0.911. The van der Waals surface area contributed by atoms with Gasteiger partial charge in [-0.3, -0.25) is 0 Å². The van der Waals surface area contributed by atoms with Gasteiger partial charge >= 0.3 is 0 Å². The molecular formula is C15H18BrN3. The number of anilines is 1. The Kier molecular flexibility index (Phi) is 3.51. The van der Waals surface area contributed by atoms with Crippen LogP contribution in [0.4, 0.5) is 5.69 Å². The topological polar surface area (TPSA) is 39.1 Å². The fraction of sp³-hybridized carbons (Fsp3) is 0.533. The fourth-order valence-electron chi connectivity index (χ4n) is 3.69. The lowest BCUT2D eigenvalue weighted by Crippen LogP contribution is -2.35. The number of nitrogens with one attached hydrogen (secondary N) is 1. The largest absolute Gasteiger partial charge is 0.367 e. The summed E-state index contributed by atoms with van der Waals surface area (Å²) in [4.78, 5) is 2.46. The predicted octanol–water partition coefficient (Wildman–Crippen LogP) is 2.75. The second-order valence-electron chi connectivity index (χ2n) is 5.46. The van der Waals surface area contributed by atoms with Crippen molar-refractivity contribution >= 4 is 21.6 Å². The molecule has 0 aliphatic carbocycles. The summed E-state index contributed by atoms with van der Waals surface area (Å²) in [6.45, 7) is 5.56. The number of halogens is 1. The van der Waals surface area contributed by atoms with Crippen molar-refractivity contribution in [2.24, 2.45) is 11.8 Å². The molecule has 2 saturated heterocycles. The van der Waals surface area contributed by atoms with Crippen molar-refractivity contribution in [2.75, 3.05) is 24.5 Å². The third-order valence-electron chi connectivity index (χ3n) is 4.55. The molecule has 3 nitrogen and oxygen atoms in total. The summed E-state index contributed by atoms with van der Waals surface area (Å²) < 4.78 is 0.900. The standard InChI is InChI=1S/C15H18BrN3/c1-2-14-12-8-18-7-10(12)9-19(14)15-5-3-4-13(16)11(15)6-17/h3-5,10,12,14,18H,2,7-9H2,1H3. The summed E-state index contributed by atoms with van der Waals surface area (Å²) in [5.41, 5.74) is 1.87. The molecule has 2 fully saturated rings. The molecule has 2 aliphatic heterocycles. The molecule has 0 radical (unpaired) electrons. The van der Waals surface area contributed by atoms with Gasteiger partial charge in [-0.2, -0.15) is 5.26 Å².